The van der Waals surface area contributed by atoms with Gasteiger partial charge in [-0.25, -0.2) is 9.37 Å². The number of hydrogen-bond donors (Lipinski definition) is 4. The molecule has 246 valence electrons. The molecule has 0 aliphatic carbocycles. The van der Waals surface area contributed by atoms with Crippen LogP contribution in [0.1, 0.15) is 28.5 Å². The van der Waals surface area contributed by atoms with E-state index >= 15 is 0 Å². The molecule has 2 aromatic carbocycles. The van der Waals surface area contributed by atoms with Gasteiger partial charge in [0.15, 0.2) is 5.75 Å². The predicted molar refractivity (Wildman–Crippen MR) is 150 cm³/mol. The SMILES string of the molecule is C[C@]1(C(N)=O)COc2c1cc([C@@](O)(CNC(=O)c1cc(OC(F)(F)C(N)=O)c3ncccc3c1)C(F)(F)F)nc2-c1ccc(F)cc1. The van der Waals surface area contributed by atoms with Gasteiger partial charge < -0.3 is 31.4 Å². The minimum atomic E-state index is -5.52. The Balaban J connectivity index is 1.57. The minimum Gasteiger partial charge on any atom is -0.489 e. The minimum absolute atomic E-state index is 0.0245. The molecule has 4 aromatic rings. The van der Waals surface area contributed by atoms with Gasteiger partial charge in [-0.3, -0.25) is 19.4 Å². The van der Waals surface area contributed by atoms with Gasteiger partial charge in [0.25, 0.3) is 5.91 Å². The molecule has 5 rings (SSSR count). The summed E-state index contributed by atoms with van der Waals surface area (Å²) in [6.45, 7) is -0.644. The molecule has 1 aliphatic heterocycles. The lowest BCUT2D eigenvalue weighted by molar-refractivity contribution is -0.265. The Labute approximate surface area is 260 Å². The van der Waals surface area contributed by atoms with Gasteiger partial charge in [0.1, 0.15) is 34.8 Å². The number of rotatable bonds is 9. The van der Waals surface area contributed by atoms with Crippen LogP contribution in [0.25, 0.3) is 22.2 Å². The summed E-state index contributed by atoms with van der Waals surface area (Å²) in [5, 5.41) is 13.2. The topological polar surface area (TPSA) is 180 Å². The first-order chi connectivity index (χ1) is 21.9. The number of aromatic nitrogens is 2. The Morgan fingerprint density at radius 3 is 2.36 bits per heavy atom. The first-order valence-corrected chi connectivity index (χ1v) is 13.4. The smallest absolute Gasteiger partial charge is 0.482 e. The zero-order valence-electron chi connectivity index (χ0n) is 24.0. The van der Waals surface area contributed by atoms with Crippen molar-refractivity contribution in [3.63, 3.8) is 0 Å². The molecule has 0 fully saturated rings. The van der Waals surface area contributed by atoms with Crippen molar-refractivity contribution in [2.75, 3.05) is 13.2 Å². The third-order valence-electron chi connectivity index (χ3n) is 7.59. The summed E-state index contributed by atoms with van der Waals surface area (Å²) in [5.41, 5.74) is 2.44. The fraction of sp³-hybridized carbons (Fsp3) is 0.233. The lowest BCUT2D eigenvalue weighted by atomic mass is 9.81. The van der Waals surface area contributed by atoms with Crippen LogP contribution in [-0.2, 0) is 20.6 Å². The summed E-state index contributed by atoms with van der Waals surface area (Å²) in [7, 11) is 0. The van der Waals surface area contributed by atoms with Gasteiger partial charge in [-0.15, -0.1) is 0 Å². The summed E-state index contributed by atoms with van der Waals surface area (Å²) in [4.78, 5) is 44.6. The molecule has 17 heteroatoms. The average molecular weight is 664 g/mol. The highest BCUT2D eigenvalue weighted by atomic mass is 19.4. The number of nitrogens with two attached hydrogens (primary N) is 2. The number of hydrogen-bond acceptors (Lipinski definition) is 8. The number of primary amides is 2. The number of aliphatic hydroxyl groups is 1. The number of ether oxygens (including phenoxy) is 2. The van der Waals surface area contributed by atoms with E-state index in [0.717, 1.165) is 24.3 Å². The number of nitrogens with one attached hydrogen (secondary N) is 1. The molecule has 2 aromatic heterocycles. The quantitative estimate of drug-likeness (QED) is 0.197. The van der Waals surface area contributed by atoms with E-state index < -0.39 is 70.4 Å². The second-order valence-corrected chi connectivity index (χ2v) is 10.8. The Morgan fingerprint density at radius 1 is 1.06 bits per heavy atom. The highest BCUT2D eigenvalue weighted by molar-refractivity contribution is 6.00. The summed E-state index contributed by atoms with van der Waals surface area (Å²) < 4.78 is 95.9. The van der Waals surface area contributed by atoms with Crippen molar-refractivity contribution in [2.45, 2.75) is 30.2 Å². The first-order valence-electron chi connectivity index (χ1n) is 13.4. The van der Waals surface area contributed by atoms with Gasteiger partial charge in [-0.05, 0) is 55.5 Å². The molecule has 3 heterocycles. The molecule has 2 atom stereocenters. The largest absolute Gasteiger partial charge is 0.489 e. The Morgan fingerprint density at radius 2 is 1.74 bits per heavy atom. The van der Waals surface area contributed by atoms with Gasteiger partial charge in [-0.2, -0.15) is 22.0 Å². The van der Waals surface area contributed by atoms with E-state index in [1.54, 1.807) is 0 Å². The normalized spacial score (nSPS) is 17.4. The maximum absolute atomic E-state index is 14.7. The molecule has 0 saturated heterocycles. The number of alkyl halides is 5. The second-order valence-electron chi connectivity index (χ2n) is 10.8. The summed E-state index contributed by atoms with van der Waals surface area (Å²) in [6.07, 6.45) is -8.87. The van der Waals surface area contributed by atoms with Crippen LogP contribution in [0.5, 0.6) is 11.5 Å². The van der Waals surface area contributed by atoms with Crippen LogP contribution in [0.2, 0.25) is 0 Å². The first kappa shape index (κ1) is 32.9. The van der Waals surface area contributed by atoms with Crippen molar-refractivity contribution in [3.8, 4) is 22.8 Å². The molecular formula is C30H23F6N5O6. The lowest BCUT2D eigenvalue weighted by Gasteiger charge is -2.31. The number of carbonyl (C=O) groups is 3. The van der Waals surface area contributed by atoms with Crippen LogP contribution in [0, 0.1) is 5.82 Å². The number of carbonyl (C=O) groups excluding carboxylic acids is 3. The molecular weight excluding hydrogens is 640 g/mol. The van der Waals surface area contributed by atoms with Gasteiger partial charge >= 0.3 is 18.2 Å². The molecule has 0 bridgehead atoms. The summed E-state index contributed by atoms with van der Waals surface area (Å²) >= 11 is 0. The van der Waals surface area contributed by atoms with E-state index in [1.165, 1.54) is 37.4 Å². The third kappa shape index (κ3) is 5.84. The Bertz CT molecular complexity index is 1920. The van der Waals surface area contributed by atoms with Crippen molar-refractivity contribution < 1.29 is 55.3 Å². The zero-order chi connectivity index (χ0) is 34.5. The molecule has 1 aliphatic rings. The van der Waals surface area contributed by atoms with Crippen LogP contribution in [0.15, 0.2) is 60.8 Å². The summed E-state index contributed by atoms with van der Waals surface area (Å²) in [5.74, 6) is -6.01. The van der Waals surface area contributed by atoms with E-state index in [2.05, 4.69) is 20.4 Å². The van der Waals surface area contributed by atoms with Gasteiger partial charge in [0.2, 0.25) is 11.5 Å². The van der Waals surface area contributed by atoms with Crippen LogP contribution in [-0.4, -0.2) is 58.2 Å². The van der Waals surface area contributed by atoms with Crippen LogP contribution >= 0.6 is 0 Å². The maximum atomic E-state index is 14.7. The number of amides is 3. The fourth-order valence-corrected chi connectivity index (χ4v) is 4.81. The van der Waals surface area contributed by atoms with E-state index in [4.69, 9.17) is 10.5 Å². The van der Waals surface area contributed by atoms with E-state index in [0.29, 0.717) is 6.07 Å². The fourth-order valence-electron chi connectivity index (χ4n) is 4.81. The molecule has 0 unspecified atom stereocenters. The predicted octanol–water partition coefficient (Wildman–Crippen LogP) is 3.21. The molecule has 0 spiro atoms. The second kappa shape index (κ2) is 11.4. The molecule has 47 heavy (non-hydrogen) atoms. The van der Waals surface area contributed by atoms with Gasteiger partial charge in [0, 0.05) is 28.3 Å². The number of halogens is 6. The Kier molecular flexibility index (Phi) is 8.00. The average Bonchev–Trinajstić information content (AvgIpc) is 3.36. The molecule has 3 amide bonds. The zero-order valence-corrected chi connectivity index (χ0v) is 24.0. The van der Waals surface area contributed by atoms with E-state index in [1.807, 2.05) is 5.32 Å². The molecule has 6 N–H and O–H groups in total. The van der Waals surface area contributed by atoms with Crippen LogP contribution in [0.3, 0.4) is 0 Å². The third-order valence-corrected chi connectivity index (χ3v) is 7.59. The van der Waals surface area contributed by atoms with Gasteiger partial charge in [0.05, 0.1) is 12.2 Å². The van der Waals surface area contributed by atoms with Crippen molar-refractivity contribution in [1.82, 2.24) is 15.3 Å². The molecule has 0 saturated carbocycles. The van der Waals surface area contributed by atoms with Crippen molar-refractivity contribution in [3.05, 3.63) is 83.4 Å². The number of nitrogens with zero attached hydrogens (tertiary/aromatic N) is 2. The maximum Gasteiger partial charge on any atom is 0.482 e. The van der Waals surface area contributed by atoms with Crippen molar-refractivity contribution in [2.24, 2.45) is 11.5 Å². The highest BCUT2D eigenvalue weighted by Crippen LogP contribution is 2.47. The van der Waals surface area contributed by atoms with Crippen molar-refractivity contribution >= 4 is 28.6 Å². The Hall–Kier alpha value is -5.45. The number of benzene rings is 2. The molecule has 0 radical (unpaired) electrons. The monoisotopic (exact) mass is 663 g/mol. The number of fused-ring (bicyclic) bond motifs is 2. The van der Waals surface area contributed by atoms with Crippen molar-refractivity contribution in [1.29, 1.82) is 0 Å². The van der Waals surface area contributed by atoms with Crippen LogP contribution in [0.4, 0.5) is 26.3 Å². The van der Waals surface area contributed by atoms with E-state index in [9.17, 15) is 45.8 Å². The lowest BCUT2D eigenvalue weighted by Crippen LogP contribution is -2.51. The highest BCUT2D eigenvalue weighted by Gasteiger charge is 2.57. The van der Waals surface area contributed by atoms with Gasteiger partial charge in [-0.1, -0.05) is 6.07 Å². The van der Waals surface area contributed by atoms with E-state index in [-0.39, 0.29) is 40.1 Å². The summed E-state index contributed by atoms with van der Waals surface area (Å²) in [6, 6.07) is 9.65. The standard InChI is InChI=1S/C30H23F6N5O6/c1-27(25(37)43)13-46-23-18(27)11-20(41-22(23)14-4-6-17(31)7-5-14)28(45,30(34,35)36)12-40-24(42)16-9-15-3-2-8-39-21(15)19(10-16)47-29(32,33)26(38)44/h2-11,45H,12-13H2,1H3,(H2,37,43)(H2,38,44)(H,40,42)/t27-,28-/m0/s1. The van der Waals surface area contributed by atoms with Crippen LogP contribution < -0.4 is 26.3 Å². The molecule has 11 nitrogen and oxygen atoms in total. The number of pyridine rings is 2.